The molecule has 0 spiro atoms. The number of phenolic OH excluding ortho intramolecular Hbond substituents is 4. The standard InChI is InChI=1S/C21H20O11/c1-7-15(26)17(28)18(29)21(30-7)32-20-16(27)14-12(25)5-9(22)6-13(14)31-19(20)8-2-3-10(23)11(24)4-8/h2-7,15,17-18,21-26,28-29H,1H3/t7-,15-,17-,18+,21+/m1/s1. The summed E-state index contributed by atoms with van der Waals surface area (Å²) >= 11 is 0. The number of aliphatic hydroxyl groups excluding tert-OH is 3. The average Bonchev–Trinajstić information content (AvgIpc) is 2.73. The highest BCUT2D eigenvalue weighted by Crippen LogP contribution is 2.39. The maximum atomic E-state index is 13.2. The Kier molecular flexibility index (Phi) is 5.34. The third kappa shape index (κ3) is 3.56. The van der Waals surface area contributed by atoms with Gasteiger partial charge >= 0.3 is 0 Å². The van der Waals surface area contributed by atoms with Gasteiger partial charge in [-0.3, -0.25) is 4.79 Å². The van der Waals surface area contributed by atoms with Crippen LogP contribution in [-0.2, 0) is 4.74 Å². The summed E-state index contributed by atoms with van der Waals surface area (Å²) in [5, 5.41) is 69.2. The van der Waals surface area contributed by atoms with Gasteiger partial charge in [-0.15, -0.1) is 0 Å². The fraction of sp³-hybridized carbons (Fsp3) is 0.286. The Balaban J connectivity index is 1.92. The number of fused-ring (bicyclic) bond motifs is 1. The van der Waals surface area contributed by atoms with Gasteiger partial charge in [-0.05, 0) is 25.1 Å². The van der Waals surface area contributed by atoms with Crippen LogP contribution in [0.4, 0.5) is 0 Å². The van der Waals surface area contributed by atoms with Crippen LogP contribution in [0.15, 0.2) is 39.5 Å². The van der Waals surface area contributed by atoms with E-state index < -0.39 is 59.1 Å². The lowest BCUT2D eigenvalue weighted by atomic mass is 10.00. The highest BCUT2D eigenvalue weighted by atomic mass is 16.7. The van der Waals surface area contributed by atoms with Crippen LogP contribution in [0.3, 0.4) is 0 Å². The molecule has 1 aliphatic rings. The Bertz CT molecular complexity index is 1230. The smallest absolute Gasteiger partial charge is 0.239 e. The summed E-state index contributed by atoms with van der Waals surface area (Å²) in [7, 11) is 0. The molecule has 4 rings (SSSR count). The molecule has 32 heavy (non-hydrogen) atoms. The predicted octanol–water partition coefficient (Wildman–Crippen LogP) is 0.489. The molecule has 5 atom stereocenters. The molecule has 0 saturated carbocycles. The van der Waals surface area contributed by atoms with E-state index in [4.69, 9.17) is 13.9 Å². The van der Waals surface area contributed by atoms with Gasteiger partial charge in [0.15, 0.2) is 17.3 Å². The van der Waals surface area contributed by atoms with E-state index >= 15 is 0 Å². The molecular weight excluding hydrogens is 428 g/mol. The van der Waals surface area contributed by atoms with Gasteiger partial charge in [-0.1, -0.05) is 0 Å². The highest BCUT2D eigenvalue weighted by Gasteiger charge is 2.44. The van der Waals surface area contributed by atoms with Gasteiger partial charge in [-0.2, -0.15) is 0 Å². The van der Waals surface area contributed by atoms with E-state index in [9.17, 15) is 40.5 Å². The molecule has 0 unspecified atom stereocenters. The van der Waals surface area contributed by atoms with Gasteiger partial charge in [0.25, 0.3) is 0 Å². The van der Waals surface area contributed by atoms with Crippen LogP contribution in [-0.4, -0.2) is 66.5 Å². The van der Waals surface area contributed by atoms with E-state index in [2.05, 4.69) is 0 Å². The Morgan fingerprint density at radius 1 is 0.875 bits per heavy atom. The molecule has 0 bridgehead atoms. The molecular formula is C21H20O11. The maximum absolute atomic E-state index is 13.2. The lowest BCUT2D eigenvalue weighted by Crippen LogP contribution is -2.58. The Morgan fingerprint density at radius 3 is 2.28 bits per heavy atom. The normalized spacial score (nSPS) is 25.7. The monoisotopic (exact) mass is 448 g/mol. The van der Waals surface area contributed by atoms with Gasteiger partial charge in [0.1, 0.15) is 40.8 Å². The largest absolute Gasteiger partial charge is 0.508 e. The van der Waals surface area contributed by atoms with Gasteiger partial charge in [-0.25, -0.2) is 0 Å². The summed E-state index contributed by atoms with van der Waals surface area (Å²) in [6.45, 7) is 1.42. The Labute approximate surface area is 179 Å². The Morgan fingerprint density at radius 2 is 1.59 bits per heavy atom. The van der Waals surface area contributed by atoms with Crippen molar-refractivity contribution in [3.8, 4) is 40.1 Å². The first kappa shape index (κ1) is 21.7. The SMILES string of the molecule is C[C@H]1O[C@@H](Oc2c(-c3ccc(O)c(O)c3)oc3cc(O)cc(O)c3c2=O)[C@@H](O)[C@H](O)[C@@H]1O. The van der Waals surface area contributed by atoms with Crippen LogP contribution in [0, 0.1) is 0 Å². The molecule has 0 amide bonds. The molecule has 2 heterocycles. The third-order valence-corrected chi connectivity index (χ3v) is 5.20. The number of ether oxygens (including phenoxy) is 2. The molecule has 0 aliphatic carbocycles. The Hall–Kier alpha value is -3.51. The summed E-state index contributed by atoms with van der Waals surface area (Å²) in [6.07, 6.45) is -7.35. The van der Waals surface area contributed by atoms with E-state index in [0.717, 1.165) is 24.3 Å². The average molecular weight is 448 g/mol. The van der Waals surface area contributed by atoms with Crippen LogP contribution in [0.1, 0.15) is 6.92 Å². The van der Waals surface area contributed by atoms with Crippen molar-refractivity contribution in [2.24, 2.45) is 0 Å². The first-order valence-corrected chi connectivity index (χ1v) is 9.50. The number of hydrogen-bond acceptors (Lipinski definition) is 11. The summed E-state index contributed by atoms with van der Waals surface area (Å²) in [5.74, 6) is -2.80. The van der Waals surface area contributed by atoms with Gasteiger partial charge < -0.3 is 49.6 Å². The number of phenols is 4. The molecule has 11 heteroatoms. The number of aromatic hydroxyl groups is 4. The quantitative estimate of drug-likeness (QED) is 0.276. The van der Waals surface area contributed by atoms with Crippen LogP contribution < -0.4 is 10.2 Å². The number of aliphatic hydroxyl groups is 3. The number of benzene rings is 2. The van der Waals surface area contributed by atoms with Crippen molar-refractivity contribution in [3.05, 3.63) is 40.6 Å². The van der Waals surface area contributed by atoms with Crippen LogP contribution in [0.25, 0.3) is 22.3 Å². The molecule has 1 aromatic heterocycles. The van der Waals surface area contributed by atoms with Crippen molar-refractivity contribution in [1.29, 1.82) is 0 Å². The van der Waals surface area contributed by atoms with E-state index in [-0.39, 0.29) is 28.0 Å². The van der Waals surface area contributed by atoms with Gasteiger partial charge in [0.05, 0.1) is 6.10 Å². The number of hydrogen-bond donors (Lipinski definition) is 7. The number of rotatable bonds is 3. The zero-order valence-corrected chi connectivity index (χ0v) is 16.5. The van der Waals surface area contributed by atoms with E-state index in [1.807, 2.05) is 0 Å². The molecule has 11 nitrogen and oxygen atoms in total. The molecule has 1 aliphatic heterocycles. The first-order valence-electron chi connectivity index (χ1n) is 9.50. The second-order valence-electron chi connectivity index (χ2n) is 7.43. The van der Waals surface area contributed by atoms with E-state index in [1.165, 1.54) is 13.0 Å². The van der Waals surface area contributed by atoms with Crippen molar-refractivity contribution in [1.82, 2.24) is 0 Å². The maximum Gasteiger partial charge on any atom is 0.239 e. The van der Waals surface area contributed by atoms with Crippen molar-refractivity contribution in [3.63, 3.8) is 0 Å². The molecule has 170 valence electrons. The predicted molar refractivity (Wildman–Crippen MR) is 108 cm³/mol. The van der Waals surface area contributed by atoms with E-state index in [1.54, 1.807) is 0 Å². The minimum atomic E-state index is -1.74. The fourth-order valence-electron chi connectivity index (χ4n) is 3.46. The van der Waals surface area contributed by atoms with Crippen molar-refractivity contribution < 1.29 is 49.6 Å². The second-order valence-corrected chi connectivity index (χ2v) is 7.43. The van der Waals surface area contributed by atoms with Crippen molar-refractivity contribution in [2.45, 2.75) is 37.6 Å². The van der Waals surface area contributed by atoms with Crippen LogP contribution >= 0.6 is 0 Å². The summed E-state index contributed by atoms with van der Waals surface area (Å²) < 4.78 is 16.6. The van der Waals surface area contributed by atoms with Crippen LogP contribution in [0.2, 0.25) is 0 Å². The van der Waals surface area contributed by atoms with Crippen molar-refractivity contribution in [2.75, 3.05) is 0 Å². The fourth-order valence-corrected chi connectivity index (χ4v) is 3.46. The lowest BCUT2D eigenvalue weighted by Gasteiger charge is -2.38. The minimum absolute atomic E-state index is 0.0658. The summed E-state index contributed by atoms with van der Waals surface area (Å²) in [5.41, 5.74) is -1.05. The molecule has 1 fully saturated rings. The van der Waals surface area contributed by atoms with E-state index in [0.29, 0.717) is 0 Å². The van der Waals surface area contributed by atoms with Crippen LogP contribution in [0.5, 0.6) is 28.7 Å². The topological polar surface area (TPSA) is 190 Å². The molecule has 1 saturated heterocycles. The third-order valence-electron chi connectivity index (χ3n) is 5.20. The molecule has 7 N–H and O–H groups in total. The highest BCUT2D eigenvalue weighted by molar-refractivity contribution is 5.88. The lowest BCUT2D eigenvalue weighted by molar-refractivity contribution is -0.268. The zero-order chi connectivity index (χ0) is 23.3. The molecule has 2 aromatic carbocycles. The first-order chi connectivity index (χ1) is 15.1. The zero-order valence-electron chi connectivity index (χ0n) is 16.5. The van der Waals surface area contributed by atoms with Gasteiger partial charge in [0.2, 0.25) is 17.5 Å². The summed E-state index contributed by atoms with van der Waals surface area (Å²) in [4.78, 5) is 13.2. The molecule has 3 aromatic rings. The second kappa shape index (κ2) is 7.88. The van der Waals surface area contributed by atoms with Gasteiger partial charge in [0, 0.05) is 17.7 Å². The van der Waals surface area contributed by atoms with Crippen molar-refractivity contribution >= 4 is 11.0 Å². The minimum Gasteiger partial charge on any atom is -0.508 e. The summed E-state index contributed by atoms with van der Waals surface area (Å²) in [6, 6.07) is 5.51. The molecule has 0 radical (unpaired) electrons.